The summed E-state index contributed by atoms with van der Waals surface area (Å²) in [6.45, 7) is 0.981. The van der Waals surface area contributed by atoms with Crippen molar-refractivity contribution in [2.45, 2.75) is 8.68 Å². The van der Waals surface area contributed by atoms with Gasteiger partial charge in [-0.05, 0) is 0 Å². The van der Waals surface area contributed by atoms with Gasteiger partial charge in [-0.25, -0.2) is 0 Å². The molecule has 106 valence electrons. The number of thioether (sulfide) groups is 2. The first-order valence-corrected chi connectivity index (χ1v) is 8.03. The lowest BCUT2D eigenvalue weighted by molar-refractivity contribution is -0.118. The summed E-state index contributed by atoms with van der Waals surface area (Å²) in [5.41, 5.74) is 5.03. The molecule has 1 heterocycles. The van der Waals surface area contributed by atoms with E-state index in [0.717, 1.165) is 0 Å². The molecule has 1 aromatic rings. The van der Waals surface area contributed by atoms with Crippen molar-refractivity contribution in [3.63, 3.8) is 0 Å². The third-order valence-corrected chi connectivity index (χ3v) is 4.89. The van der Waals surface area contributed by atoms with Crippen molar-refractivity contribution in [2.75, 3.05) is 31.8 Å². The quantitative estimate of drug-likeness (QED) is 0.485. The van der Waals surface area contributed by atoms with E-state index < -0.39 is 5.91 Å². The fourth-order valence-corrected chi connectivity index (χ4v) is 3.51. The van der Waals surface area contributed by atoms with Crippen molar-refractivity contribution in [3.05, 3.63) is 0 Å². The van der Waals surface area contributed by atoms with Crippen molar-refractivity contribution in [3.8, 4) is 0 Å². The van der Waals surface area contributed by atoms with Crippen LogP contribution in [-0.2, 0) is 14.3 Å². The maximum atomic E-state index is 11.4. The number of nitrogens with two attached hydrogens (primary N) is 1. The van der Waals surface area contributed by atoms with Gasteiger partial charge in [0.15, 0.2) is 8.68 Å². The van der Waals surface area contributed by atoms with Crippen LogP contribution in [0, 0.1) is 0 Å². The highest BCUT2D eigenvalue weighted by atomic mass is 32.2. The molecule has 1 aromatic heterocycles. The molecule has 0 aliphatic carbocycles. The van der Waals surface area contributed by atoms with Crippen LogP contribution in [0.25, 0.3) is 0 Å². The van der Waals surface area contributed by atoms with Crippen molar-refractivity contribution in [2.24, 2.45) is 5.73 Å². The monoisotopic (exact) mass is 322 g/mol. The summed E-state index contributed by atoms with van der Waals surface area (Å²) < 4.78 is 6.18. The van der Waals surface area contributed by atoms with Gasteiger partial charge in [0.1, 0.15) is 0 Å². The molecule has 2 amide bonds. The van der Waals surface area contributed by atoms with E-state index >= 15 is 0 Å². The zero-order valence-corrected chi connectivity index (χ0v) is 12.7. The number of hydrogen-bond acceptors (Lipinski definition) is 8. The van der Waals surface area contributed by atoms with Crippen LogP contribution in [0.5, 0.6) is 0 Å². The fraction of sp³-hybridized carbons (Fsp3) is 0.556. The molecule has 3 N–H and O–H groups in total. The smallest absolute Gasteiger partial charge is 0.230 e. The lowest BCUT2D eigenvalue weighted by Gasteiger charge is -2.02. The second-order valence-electron chi connectivity index (χ2n) is 3.22. The third-order valence-electron chi connectivity index (χ3n) is 1.68. The van der Waals surface area contributed by atoms with Crippen LogP contribution in [0.15, 0.2) is 8.68 Å². The molecule has 0 fully saturated rings. The van der Waals surface area contributed by atoms with Gasteiger partial charge in [0.05, 0.1) is 18.1 Å². The van der Waals surface area contributed by atoms with Crippen LogP contribution in [0.4, 0.5) is 0 Å². The molecule has 10 heteroatoms. The Kier molecular flexibility index (Phi) is 7.79. The SMILES string of the molecule is COCCNC(=O)CSc1nnc(SCC(N)=O)s1. The van der Waals surface area contributed by atoms with E-state index in [2.05, 4.69) is 15.5 Å². The fourth-order valence-electron chi connectivity index (χ4n) is 0.918. The molecule has 0 bridgehead atoms. The summed E-state index contributed by atoms with van der Waals surface area (Å²) in [5.74, 6) is -0.0224. The standard InChI is InChI=1S/C9H14N4O3S3/c1-16-3-2-11-7(15)5-18-9-13-12-8(19-9)17-4-6(10)14/h2-5H2,1H3,(H2,10,14)(H,11,15). The summed E-state index contributed by atoms with van der Waals surface area (Å²) in [7, 11) is 1.58. The van der Waals surface area contributed by atoms with Crippen molar-refractivity contribution >= 4 is 46.7 Å². The number of ether oxygens (including phenoxy) is 1. The minimum Gasteiger partial charge on any atom is -0.383 e. The first-order chi connectivity index (χ1) is 9.11. The first-order valence-electron chi connectivity index (χ1n) is 5.25. The maximum absolute atomic E-state index is 11.4. The highest BCUT2D eigenvalue weighted by Gasteiger charge is 2.09. The van der Waals surface area contributed by atoms with Crippen LogP contribution >= 0.6 is 34.9 Å². The molecule has 1 rings (SSSR count). The topological polar surface area (TPSA) is 107 Å². The van der Waals surface area contributed by atoms with Gasteiger partial charge in [-0.1, -0.05) is 34.9 Å². The van der Waals surface area contributed by atoms with Crippen LogP contribution < -0.4 is 11.1 Å². The Bertz CT molecular complexity index is 427. The van der Waals surface area contributed by atoms with Crippen LogP contribution in [0.3, 0.4) is 0 Å². The summed E-state index contributed by atoms with van der Waals surface area (Å²) in [4.78, 5) is 22.0. The van der Waals surface area contributed by atoms with Gasteiger partial charge in [-0.3, -0.25) is 9.59 Å². The van der Waals surface area contributed by atoms with Crippen molar-refractivity contribution in [1.29, 1.82) is 0 Å². The number of aromatic nitrogens is 2. The number of carbonyl (C=O) groups excluding carboxylic acids is 2. The maximum Gasteiger partial charge on any atom is 0.230 e. The van der Waals surface area contributed by atoms with Crippen LogP contribution in [0.1, 0.15) is 0 Å². The first kappa shape index (κ1) is 16.2. The Morgan fingerprint density at radius 3 is 2.53 bits per heavy atom. The molecule has 0 atom stereocenters. The molecule has 0 radical (unpaired) electrons. The van der Waals surface area contributed by atoms with E-state index in [-0.39, 0.29) is 17.4 Å². The Morgan fingerprint density at radius 2 is 1.95 bits per heavy atom. The number of hydrogen-bond donors (Lipinski definition) is 2. The molecule has 0 saturated carbocycles. The lowest BCUT2D eigenvalue weighted by atomic mass is 10.6. The van der Waals surface area contributed by atoms with Gasteiger partial charge in [0.25, 0.3) is 0 Å². The minimum atomic E-state index is -0.396. The summed E-state index contributed by atoms with van der Waals surface area (Å²) >= 11 is 3.88. The van der Waals surface area contributed by atoms with Gasteiger partial charge in [0, 0.05) is 13.7 Å². The number of primary amides is 1. The molecule has 0 aliphatic heterocycles. The number of amides is 2. The highest BCUT2D eigenvalue weighted by Crippen LogP contribution is 2.28. The molecular weight excluding hydrogens is 308 g/mol. The number of nitrogens with zero attached hydrogens (tertiary/aromatic N) is 2. The summed E-state index contributed by atoms with van der Waals surface area (Å²) in [6, 6.07) is 0. The Labute approximate surface area is 123 Å². The Morgan fingerprint density at radius 1 is 1.32 bits per heavy atom. The number of carbonyl (C=O) groups is 2. The highest BCUT2D eigenvalue weighted by molar-refractivity contribution is 8.03. The average Bonchev–Trinajstić information content (AvgIpc) is 2.82. The molecule has 0 spiro atoms. The predicted molar refractivity (Wildman–Crippen MR) is 75.4 cm³/mol. The van der Waals surface area contributed by atoms with Crippen LogP contribution in [0.2, 0.25) is 0 Å². The Hall–Kier alpha value is -0.840. The van der Waals surface area contributed by atoms with E-state index in [1.165, 1.54) is 34.9 Å². The van der Waals surface area contributed by atoms with Crippen molar-refractivity contribution in [1.82, 2.24) is 15.5 Å². The van der Waals surface area contributed by atoms with E-state index in [4.69, 9.17) is 10.5 Å². The zero-order valence-electron chi connectivity index (χ0n) is 10.2. The average molecular weight is 322 g/mol. The normalized spacial score (nSPS) is 10.4. The van der Waals surface area contributed by atoms with E-state index in [9.17, 15) is 9.59 Å². The van der Waals surface area contributed by atoms with Gasteiger partial charge in [0.2, 0.25) is 11.8 Å². The van der Waals surface area contributed by atoms with Gasteiger partial charge in [-0.2, -0.15) is 0 Å². The van der Waals surface area contributed by atoms with Crippen molar-refractivity contribution < 1.29 is 14.3 Å². The minimum absolute atomic E-state index is 0.0800. The summed E-state index contributed by atoms with van der Waals surface area (Å²) in [5, 5.41) is 10.5. The number of nitrogens with one attached hydrogen (secondary N) is 1. The van der Waals surface area contributed by atoms with E-state index in [1.807, 2.05) is 0 Å². The number of rotatable bonds is 9. The molecule has 19 heavy (non-hydrogen) atoms. The molecule has 7 nitrogen and oxygen atoms in total. The zero-order chi connectivity index (χ0) is 14.1. The molecule has 0 aliphatic rings. The number of methoxy groups -OCH3 is 1. The predicted octanol–water partition coefficient (Wildman–Crippen LogP) is -0.0298. The second-order valence-corrected chi connectivity index (χ2v) is 6.64. The lowest BCUT2D eigenvalue weighted by Crippen LogP contribution is -2.28. The second kappa shape index (κ2) is 9.13. The van der Waals surface area contributed by atoms with E-state index in [1.54, 1.807) is 7.11 Å². The van der Waals surface area contributed by atoms with Gasteiger partial charge >= 0.3 is 0 Å². The molecule has 0 aromatic carbocycles. The van der Waals surface area contributed by atoms with Gasteiger partial charge in [-0.15, -0.1) is 10.2 Å². The third kappa shape index (κ3) is 7.35. The molecule has 0 saturated heterocycles. The van der Waals surface area contributed by atoms with Crippen LogP contribution in [-0.4, -0.2) is 53.8 Å². The van der Waals surface area contributed by atoms with Gasteiger partial charge < -0.3 is 15.8 Å². The molecule has 0 unspecified atom stereocenters. The Balaban J connectivity index is 2.25. The largest absolute Gasteiger partial charge is 0.383 e. The molecular formula is C9H14N4O3S3. The summed E-state index contributed by atoms with van der Waals surface area (Å²) in [6.07, 6.45) is 0. The van der Waals surface area contributed by atoms with E-state index in [0.29, 0.717) is 21.8 Å².